The van der Waals surface area contributed by atoms with E-state index >= 15 is 0 Å². The smallest absolute Gasteiger partial charge is 0.116 e. The van der Waals surface area contributed by atoms with Gasteiger partial charge in [0.05, 0.1) is 0 Å². The van der Waals surface area contributed by atoms with Gasteiger partial charge in [0.25, 0.3) is 0 Å². The Kier molecular flexibility index (Phi) is 1.90. The molecular weight excluding hydrogens is 220 g/mol. The monoisotopic (exact) mass is 228 g/mol. The Morgan fingerprint density at radius 1 is 1.50 bits per heavy atom. The molecule has 4 heteroatoms. The summed E-state index contributed by atoms with van der Waals surface area (Å²) in [5, 5.41) is 12.9. The summed E-state index contributed by atoms with van der Waals surface area (Å²) >= 11 is 3.31. The number of rotatable bonds is 1. The zero-order valence-corrected chi connectivity index (χ0v) is 8.00. The summed E-state index contributed by atoms with van der Waals surface area (Å²) in [7, 11) is 0. The third-order valence-electron chi connectivity index (χ3n) is 2.08. The molecule has 0 spiro atoms. The first-order valence-electron chi connectivity index (χ1n) is 3.75. The molecule has 0 atom stereocenters. The maximum Gasteiger partial charge on any atom is 0.116 e. The molecule has 2 rings (SSSR count). The Hall–Kier alpha value is -0.450. The zero-order valence-electron chi connectivity index (χ0n) is 6.42. The number of hydrogen-bond donors (Lipinski definition) is 2. The zero-order chi connectivity index (χ0) is 8.60. The molecule has 0 amide bonds. The van der Waals surface area contributed by atoms with E-state index in [0.717, 1.165) is 10.0 Å². The molecule has 0 saturated carbocycles. The van der Waals surface area contributed by atoms with Crippen LogP contribution in [-0.2, 0) is 5.60 Å². The van der Waals surface area contributed by atoms with Crippen molar-refractivity contribution in [1.29, 1.82) is 0 Å². The van der Waals surface area contributed by atoms with Crippen LogP contribution in [0, 0.1) is 0 Å². The summed E-state index contributed by atoms with van der Waals surface area (Å²) in [4.78, 5) is 4.00. The molecule has 0 unspecified atom stereocenters. The van der Waals surface area contributed by atoms with E-state index in [2.05, 4.69) is 26.2 Å². The predicted octanol–water partition coefficient (Wildman–Crippen LogP) is 0.635. The van der Waals surface area contributed by atoms with Crippen LogP contribution in [0.15, 0.2) is 22.9 Å². The first kappa shape index (κ1) is 8.16. The largest absolute Gasteiger partial charge is 0.382 e. The second-order valence-corrected chi connectivity index (χ2v) is 3.94. The van der Waals surface area contributed by atoms with Crippen molar-refractivity contribution in [3.05, 3.63) is 28.5 Å². The third kappa shape index (κ3) is 1.26. The van der Waals surface area contributed by atoms with Crippen LogP contribution in [0.4, 0.5) is 0 Å². The summed E-state index contributed by atoms with van der Waals surface area (Å²) in [6.45, 7) is 1.23. The molecule has 0 radical (unpaired) electrons. The Balaban J connectivity index is 2.33. The van der Waals surface area contributed by atoms with Crippen LogP contribution in [0.3, 0.4) is 0 Å². The molecule has 64 valence electrons. The second kappa shape index (κ2) is 2.80. The number of β-amino-alcohol motifs (C(OH)–C–C–N with tert-alkyl or cyclic N) is 1. The van der Waals surface area contributed by atoms with E-state index in [1.807, 2.05) is 6.07 Å². The van der Waals surface area contributed by atoms with Crippen molar-refractivity contribution in [3.8, 4) is 0 Å². The minimum absolute atomic E-state index is 0.616. The van der Waals surface area contributed by atoms with Gasteiger partial charge < -0.3 is 10.4 Å². The van der Waals surface area contributed by atoms with E-state index in [1.54, 1.807) is 12.4 Å². The van der Waals surface area contributed by atoms with Gasteiger partial charge in [-0.05, 0) is 22.0 Å². The van der Waals surface area contributed by atoms with Crippen molar-refractivity contribution < 1.29 is 5.11 Å². The molecule has 3 nitrogen and oxygen atoms in total. The van der Waals surface area contributed by atoms with Gasteiger partial charge in [-0.3, -0.25) is 4.98 Å². The predicted molar refractivity (Wildman–Crippen MR) is 48.7 cm³/mol. The van der Waals surface area contributed by atoms with E-state index in [4.69, 9.17) is 0 Å². The van der Waals surface area contributed by atoms with Crippen molar-refractivity contribution in [1.82, 2.24) is 10.3 Å². The highest BCUT2D eigenvalue weighted by atomic mass is 79.9. The maximum atomic E-state index is 9.88. The van der Waals surface area contributed by atoms with Gasteiger partial charge in [0, 0.05) is 35.5 Å². The van der Waals surface area contributed by atoms with Gasteiger partial charge in [0.1, 0.15) is 5.60 Å². The molecule has 0 aliphatic carbocycles. The van der Waals surface area contributed by atoms with Gasteiger partial charge in [0.15, 0.2) is 0 Å². The lowest BCUT2D eigenvalue weighted by atomic mass is 9.90. The van der Waals surface area contributed by atoms with Crippen molar-refractivity contribution in [2.24, 2.45) is 0 Å². The summed E-state index contributed by atoms with van der Waals surface area (Å²) in [6.07, 6.45) is 3.41. The maximum absolute atomic E-state index is 9.88. The Labute approximate surface area is 79.0 Å². The van der Waals surface area contributed by atoms with Gasteiger partial charge in [-0.1, -0.05) is 0 Å². The van der Waals surface area contributed by atoms with Crippen LogP contribution in [0.25, 0.3) is 0 Å². The van der Waals surface area contributed by atoms with Crippen molar-refractivity contribution in [3.63, 3.8) is 0 Å². The summed E-state index contributed by atoms with van der Waals surface area (Å²) in [6, 6.07) is 1.90. The number of nitrogens with one attached hydrogen (secondary N) is 1. The molecular formula is C8H9BrN2O. The molecule has 2 N–H and O–H groups in total. The summed E-state index contributed by atoms with van der Waals surface area (Å²) < 4.78 is 0.903. The van der Waals surface area contributed by atoms with E-state index in [0.29, 0.717) is 13.1 Å². The topological polar surface area (TPSA) is 45.2 Å². The highest BCUT2D eigenvalue weighted by molar-refractivity contribution is 9.10. The molecule has 1 aliphatic heterocycles. The fourth-order valence-corrected chi connectivity index (χ4v) is 1.60. The van der Waals surface area contributed by atoms with Crippen LogP contribution < -0.4 is 5.32 Å². The van der Waals surface area contributed by atoms with Gasteiger partial charge in [-0.2, -0.15) is 0 Å². The normalized spacial score (nSPS) is 20.2. The Morgan fingerprint density at radius 2 is 2.25 bits per heavy atom. The van der Waals surface area contributed by atoms with E-state index < -0.39 is 5.60 Å². The number of pyridine rings is 1. The van der Waals surface area contributed by atoms with Crippen LogP contribution in [0.1, 0.15) is 5.56 Å². The summed E-state index contributed by atoms with van der Waals surface area (Å²) in [5.41, 5.74) is 0.173. The highest BCUT2D eigenvalue weighted by Crippen LogP contribution is 2.26. The fourth-order valence-electron chi connectivity index (χ4n) is 1.23. The van der Waals surface area contributed by atoms with Crippen molar-refractivity contribution >= 4 is 15.9 Å². The molecule has 1 fully saturated rings. The summed E-state index contributed by atoms with van der Waals surface area (Å²) in [5.74, 6) is 0. The lowest BCUT2D eigenvalue weighted by Gasteiger charge is -2.37. The van der Waals surface area contributed by atoms with E-state index in [9.17, 15) is 5.11 Å². The average Bonchev–Trinajstić information content (AvgIpc) is 2.00. The van der Waals surface area contributed by atoms with Crippen LogP contribution in [-0.4, -0.2) is 23.2 Å². The first-order chi connectivity index (χ1) is 5.71. The molecule has 1 aromatic rings. The molecule has 12 heavy (non-hydrogen) atoms. The highest BCUT2D eigenvalue weighted by Gasteiger charge is 2.36. The Bertz CT molecular complexity index is 299. The van der Waals surface area contributed by atoms with Crippen molar-refractivity contribution in [2.75, 3.05) is 13.1 Å². The third-order valence-corrected chi connectivity index (χ3v) is 2.51. The Morgan fingerprint density at radius 3 is 2.75 bits per heavy atom. The standard InChI is InChI=1S/C8H9BrN2O/c9-7-1-6(2-10-3-7)8(12)4-11-5-8/h1-3,11-12H,4-5H2. The van der Waals surface area contributed by atoms with E-state index in [-0.39, 0.29) is 0 Å². The minimum Gasteiger partial charge on any atom is -0.382 e. The molecule has 1 saturated heterocycles. The van der Waals surface area contributed by atoms with Crippen molar-refractivity contribution in [2.45, 2.75) is 5.60 Å². The first-order valence-corrected chi connectivity index (χ1v) is 4.54. The van der Waals surface area contributed by atoms with Gasteiger partial charge >= 0.3 is 0 Å². The number of aromatic nitrogens is 1. The second-order valence-electron chi connectivity index (χ2n) is 3.03. The lowest BCUT2D eigenvalue weighted by Crippen LogP contribution is -2.56. The number of nitrogens with zero attached hydrogens (tertiary/aromatic N) is 1. The average molecular weight is 229 g/mol. The molecule has 1 aromatic heterocycles. The number of hydrogen-bond acceptors (Lipinski definition) is 3. The molecule has 1 aliphatic rings. The van der Waals surface area contributed by atoms with Crippen LogP contribution in [0.2, 0.25) is 0 Å². The van der Waals surface area contributed by atoms with Crippen LogP contribution >= 0.6 is 15.9 Å². The SMILES string of the molecule is OC1(c2cncc(Br)c2)CNC1. The van der Waals surface area contributed by atoms with E-state index in [1.165, 1.54) is 0 Å². The number of aliphatic hydroxyl groups is 1. The van der Waals surface area contributed by atoms with Gasteiger partial charge in [-0.15, -0.1) is 0 Å². The molecule has 0 bridgehead atoms. The quantitative estimate of drug-likeness (QED) is 0.742. The minimum atomic E-state index is -0.698. The molecule has 2 heterocycles. The number of halogens is 1. The fraction of sp³-hybridized carbons (Fsp3) is 0.375. The lowest BCUT2D eigenvalue weighted by molar-refractivity contribution is -0.0150. The van der Waals surface area contributed by atoms with Gasteiger partial charge in [-0.25, -0.2) is 0 Å². The molecule has 0 aromatic carbocycles. The van der Waals surface area contributed by atoms with Gasteiger partial charge in [0.2, 0.25) is 0 Å². The van der Waals surface area contributed by atoms with Crippen LogP contribution in [0.5, 0.6) is 0 Å².